The normalized spacial score (nSPS) is 22.0. The molecule has 2 bridgehead atoms. The van der Waals surface area contributed by atoms with Gasteiger partial charge in [-0.05, 0) is 68.6 Å². The number of methoxy groups -OCH3 is 3. The summed E-state index contributed by atoms with van der Waals surface area (Å²) >= 11 is 0. The Morgan fingerprint density at radius 2 is 1.83 bits per heavy atom. The molecule has 1 fully saturated rings. The third-order valence-electron chi connectivity index (χ3n) is 7.14. The van der Waals surface area contributed by atoms with Crippen LogP contribution in [0.1, 0.15) is 48.0 Å². The van der Waals surface area contributed by atoms with Crippen LogP contribution in [-0.2, 0) is 11.3 Å². The van der Waals surface area contributed by atoms with Gasteiger partial charge in [-0.3, -0.25) is 9.69 Å². The van der Waals surface area contributed by atoms with Crippen molar-refractivity contribution in [2.75, 3.05) is 47.6 Å². The summed E-state index contributed by atoms with van der Waals surface area (Å²) in [5, 5.41) is 0. The van der Waals surface area contributed by atoms with Crippen LogP contribution in [0.5, 0.6) is 17.2 Å². The highest BCUT2D eigenvalue weighted by Crippen LogP contribution is 2.28. The first-order chi connectivity index (χ1) is 17.1. The van der Waals surface area contributed by atoms with Crippen LogP contribution in [0.3, 0.4) is 0 Å². The van der Waals surface area contributed by atoms with E-state index in [1.54, 1.807) is 21.3 Å². The smallest absolute Gasteiger partial charge is 0.254 e. The van der Waals surface area contributed by atoms with Crippen molar-refractivity contribution < 1.29 is 23.7 Å². The van der Waals surface area contributed by atoms with Gasteiger partial charge in [0.2, 0.25) is 0 Å². The van der Waals surface area contributed by atoms with E-state index < -0.39 is 0 Å². The van der Waals surface area contributed by atoms with Gasteiger partial charge in [0.15, 0.2) is 0 Å². The lowest BCUT2D eigenvalue weighted by Gasteiger charge is -2.41. The summed E-state index contributed by atoms with van der Waals surface area (Å²) < 4.78 is 23.0. The van der Waals surface area contributed by atoms with Gasteiger partial charge in [0.25, 0.3) is 5.91 Å². The van der Waals surface area contributed by atoms with Crippen LogP contribution in [0, 0.1) is 0 Å². The van der Waals surface area contributed by atoms with E-state index in [0.717, 1.165) is 81.1 Å². The summed E-state index contributed by atoms with van der Waals surface area (Å²) in [4.78, 5) is 17.9. The molecule has 2 aliphatic rings. The molecule has 2 aromatic rings. The molecule has 7 nitrogen and oxygen atoms in total. The standard InChI is InChI=1S/C28H38N2O5/c1-32-23-12-13-26(33-2)22(19-23)20-29-14-5-4-10-25-27(34-3)11-7-15-30(25)28(31)21-8-6-9-24(18-21)35-17-16-29/h6,8-9,12-13,18-19,25,27H,4-5,7,10-11,14-17,20H2,1-3H3/t25-,27-/m0/s1. The minimum Gasteiger partial charge on any atom is -0.497 e. The van der Waals surface area contributed by atoms with Crippen molar-refractivity contribution in [2.24, 2.45) is 0 Å². The molecule has 0 spiro atoms. The van der Waals surface area contributed by atoms with Gasteiger partial charge in [0, 0.05) is 37.9 Å². The molecule has 190 valence electrons. The Labute approximate surface area is 208 Å². The Bertz CT molecular complexity index is 982. The van der Waals surface area contributed by atoms with E-state index in [2.05, 4.69) is 4.90 Å². The molecule has 2 aromatic carbocycles. The number of ether oxygens (including phenoxy) is 4. The van der Waals surface area contributed by atoms with Gasteiger partial charge in [-0.1, -0.05) is 12.5 Å². The van der Waals surface area contributed by atoms with E-state index in [1.165, 1.54) is 0 Å². The fourth-order valence-corrected chi connectivity index (χ4v) is 5.27. The fraction of sp³-hybridized carbons (Fsp3) is 0.536. The summed E-state index contributed by atoms with van der Waals surface area (Å²) in [6.07, 6.45) is 5.05. The second-order valence-corrected chi connectivity index (χ2v) is 9.31. The highest BCUT2D eigenvalue weighted by molar-refractivity contribution is 5.95. The summed E-state index contributed by atoms with van der Waals surface area (Å²) in [6, 6.07) is 13.6. The number of carbonyl (C=O) groups is 1. The van der Waals surface area contributed by atoms with Gasteiger partial charge in [0.05, 0.1) is 26.4 Å². The van der Waals surface area contributed by atoms with Gasteiger partial charge in [-0.15, -0.1) is 0 Å². The van der Waals surface area contributed by atoms with Crippen molar-refractivity contribution in [3.05, 3.63) is 53.6 Å². The molecule has 7 heteroatoms. The van der Waals surface area contributed by atoms with Crippen LogP contribution in [0.4, 0.5) is 0 Å². The molecule has 1 amide bonds. The molecule has 35 heavy (non-hydrogen) atoms. The third-order valence-corrected chi connectivity index (χ3v) is 7.14. The van der Waals surface area contributed by atoms with Crippen LogP contribution >= 0.6 is 0 Å². The average Bonchev–Trinajstić information content (AvgIpc) is 2.90. The van der Waals surface area contributed by atoms with Gasteiger partial charge < -0.3 is 23.8 Å². The molecule has 0 aromatic heterocycles. The van der Waals surface area contributed by atoms with Gasteiger partial charge in [-0.25, -0.2) is 0 Å². The number of hydrogen-bond acceptors (Lipinski definition) is 6. The molecule has 0 unspecified atom stereocenters. The van der Waals surface area contributed by atoms with Crippen LogP contribution in [-0.4, -0.2) is 75.4 Å². The Hall–Kier alpha value is -2.77. The lowest BCUT2D eigenvalue weighted by Crippen LogP contribution is -2.51. The molecule has 0 saturated carbocycles. The lowest BCUT2D eigenvalue weighted by atomic mass is 9.93. The zero-order valence-electron chi connectivity index (χ0n) is 21.2. The van der Waals surface area contributed by atoms with Gasteiger partial charge in [0.1, 0.15) is 23.9 Å². The van der Waals surface area contributed by atoms with E-state index in [-0.39, 0.29) is 18.1 Å². The average molecular weight is 483 g/mol. The first-order valence-corrected chi connectivity index (χ1v) is 12.6. The largest absolute Gasteiger partial charge is 0.497 e. The van der Waals surface area contributed by atoms with Crippen molar-refractivity contribution in [3.8, 4) is 17.2 Å². The van der Waals surface area contributed by atoms with Crippen LogP contribution < -0.4 is 14.2 Å². The zero-order valence-corrected chi connectivity index (χ0v) is 21.2. The maximum Gasteiger partial charge on any atom is 0.254 e. The molecular formula is C28H38N2O5. The molecular weight excluding hydrogens is 444 g/mol. The number of rotatable bonds is 5. The summed E-state index contributed by atoms with van der Waals surface area (Å²) in [7, 11) is 5.15. The minimum absolute atomic E-state index is 0.0750. The van der Waals surface area contributed by atoms with Gasteiger partial charge >= 0.3 is 0 Å². The predicted molar refractivity (Wildman–Crippen MR) is 135 cm³/mol. The number of amides is 1. The Kier molecular flexibility index (Phi) is 8.88. The first kappa shape index (κ1) is 25.3. The maximum absolute atomic E-state index is 13.4. The zero-order chi connectivity index (χ0) is 24.6. The van der Waals surface area contributed by atoms with Crippen molar-refractivity contribution in [1.29, 1.82) is 0 Å². The number of hydrogen-bond donors (Lipinski definition) is 0. The van der Waals surface area contributed by atoms with Crippen LogP contribution in [0.25, 0.3) is 0 Å². The topological polar surface area (TPSA) is 60.5 Å². The molecule has 0 radical (unpaired) electrons. The minimum atomic E-state index is 0.0750. The van der Waals surface area contributed by atoms with Crippen molar-refractivity contribution in [1.82, 2.24) is 9.80 Å². The third kappa shape index (κ3) is 6.27. The number of nitrogens with zero attached hydrogens (tertiary/aromatic N) is 2. The number of fused-ring (bicyclic) bond motifs is 3. The van der Waals surface area contributed by atoms with Crippen molar-refractivity contribution in [2.45, 2.75) is 50.8 Å². The summed E-state index contributed by atoms with van der Waals surface area (Å²) in [5.74, 6) is 2.48. The van der Waals surface area contributed by atoms with Crippen LogP contribution in [0.2, 0.25) is 0 Å². The molecule has 0 aliphatic carbocycles. The maximum atomic E-state index is 13.4. The second kappa shape index (κ2) is 12.3. The highest BCUT2D eigenvalue weighted by atomic mass is 16.5. The van der Waals surface area contributed by atoms with Gasteiger partial charge in [-0.2, -0.15) is 0 Å². The van der Waals surface area contributed by atoms with E-state index >= 15 is 0 Å². The Morgan fingerprint density at radius 1 is 0.943 bits per heavy atom. The van der Waals surface area contributed by atoms with Crippen molar-refractivity contribution in [3.63, 3.8) is 0 Å². The highest BCUT2D eigenvalue weighted by Gasteiger charge is 2.34. The monoisotopic (exact) mass is 482 g/mol. The van der Waals surface area contributed by atoms with E-state index in [9.17, 15) is 4.79 Å². The molecule has 0 N–H and O–H groups in total. The van der Waals surface area contributed by atoms with Crippen molar-refractivity contribution >= 4 is 5.91 Å². The predicted octanol–water partition coefficient (Wildman–Crippen LogP) is 4.39. The van der Waals surface area contributed by atoms with Crippen LogP contribution in [0.15, 0.2) is 42.5 Å². The quantitative estimate of drug-likeness (QED) is 0.630. The summed E-state index contributed by atoms with van der Waals surface area (Å²) in [6.45, 7) is 3.77. The molecule has 1 saturated heterocycles. The number of carbonyl (C=O) groups excluding carboxylic acids is 1. The lowest BCUT2D eigenvalue weighted by molar-refractivity contribution is -0.0156. The molecule has 2 heterocycles. The Morgan fingerprint density at radius 3 is 2.63 bits per heavy atom. The number of piperidine rings is 1. The molecule has 4 rings (SSSR count). The fourth-order valence-electron chi connectivity index (χ4n) is 5.27. The van der Waals surface area contributed by atoms with E-state index in [4.69, 9.17) is 18.9 Å². The second-order valence-electron chi connectivity index (χ2n) is 9.31. The number of benzene rings is 2. The summed E-state index contributed by atoms with van der Waals surface area (Å²) in [5.41, 5.74) is 1.78. The molecule has 2 aliphatic heterocycles. The van der Waals surface area contributed by atoms with E-state index in [1.807, 2.05) is 47.4 Å². The van der Waals surface area contributed by atoms with E-state index in [0.29, 0.717) is 12.2 Å². The molecule has 2 atom stereocenters. The SMILES string of the molecule is COc1ccc(OC)c(CN2CCCC[C@H]3[C@@H](OC)CCCN3C(=O)c3cccc(c3)OCC2)c1. The first-order valence-electron chi connectivity index (χ1n) is 12.6. The Balaban J connectivity index is 1.55.